The highest BCUT2D eigenvalue weighted by Crippen LogP contribution is 2.13. The van der Waals surface area contributed by atoms with Crippen molar-refractivity contribution in [3.63, 3.8) is 0 Å². The molecular weight excluding hydrogens is 258 g/mol. The topological polar surface area (TPSA) is 29.9 Å². The van der Waals surface area contributed by atoms with E-state index in [9.17, 15) is 0 Å². The molecule has 0 amide bonds. The Morgan fingerprint density at radius 3 is 2.19 bits per heavy atom. The summed E-state index contributed by atoms with van der Waals surface area (Å²) in [6.45, 7) is 7.72. The van der Waals surface area contributed by atoms with Gasteiger partial charge in [-0.05, 0) is 19.3 Å². The SMILES string of the molecule is CCCCCC(CCCCC)NCc1cn(C)nc1CC. The molecule has 0 spiro atoms. The smallest absolute Gasteiger partial charge is 0.0666 e. The van der Waals surface area contributed by atoms with E-state index in [1.54, 1.807) is 0 Å². The summed E-state index contributed by atoms with van der Waals surface area (Å²) in [5.41, 5.74) is 2.61. The van der Waals surface area contributed by atoms with Crippen molar-refractivity contribution in [2.75, 3.05) is 0 Å². The maximum Gasteiger partial charge on any atom is 0.0666 e. The summed E-state index contributed by atoms with van der Waals surface area (Å²) in [6, 6.07) is 0.674. The molecule has 0 aliphatic rings. The molecule has 0 saturated carbocycles. The average molecular weight is 293 g/mol. The second-order valence-electron chi connectivity index (χ2n) is 6.20. The van der Waals surface area contributed by atoms with Crippen LogP contribution in [-0.2, 0) is 20.0 Å². The van der Waals surface area contributed by atoms with Gasteiger partial charge in [0.15, 0.2) is 0 Å². The van der Waals surface area contributed by atoms with Crippen LogP contribution >= 0.6 is 0 Å². The first-order chi connectivity index (χ1) is 10.2. The van der Waals surface area contributed by atoms with Gasteiger partial charge in [0.05, 0.1) is 5.69 Å². The number of unbranched alkanes of at least 4 members (excludes halogenated alkanes) is 4. The van der Waals surface area contributed by atoms with Crippen molar-refractivity contribution in [3.05, 3.63) is 17.5 Å². The molecule has 0 aromatic carbocycles. The van der Waals surface area contributed by atoms with Crippen LogP contribution in [0, 0.1) is 0 Å². The molecule has 3 heteroatoms. The van der Waals surface area contributed by atoms with Gasteiger partial charge in [-0.25, -0.2) is 0 Å². The molecule has 0 saturated heterocycles. The number of rotatable bonds is 12. The Bertz CT molecular complexity index is 361. The van der Waals surface area contributed by atoms with Gasteiger partial charge in [0.2, 0.25) is 0 Å². The maximum absolute atomic E-state index is 4.53. The van der Waals surface area contributed by atoms with Gasteiger partial charge < -0.3 is 5.32 Å². The van der Waals surface area contributed by atoms with Crippen LogP contribution in [0.4, 0.5) is 0 Å². The first-order valence-electron chi connectivity index (χ1n) is 8.95. The Labute approximate surface area is 131 Å². The van der Waals surface area contributed by atoms with Crippen LogP contribution in [0.25, 0.3) is 0 Å². The van der Waals surface area contributed by atoms with Gasteiger partial charge in [0.25, 0.3) is 0 Å². The molecule has 0 atom stereocenters. The zero-order chi connectivity index (χ0) is 15.5. The zero-order valence-corrected chi connectivity index (χ0v) is 14.6. The first-order valence-corrected chi connectivity index (χ1v) is 8.95. The summed E-state index contributed by atoms with van der Waals surface area (Å²) in [5.74, 6) is 0. The largest absolute Gasteiger partial charge is 0.310 e. The Balaban J connectivity index is 2.45. The van der Waals surface area contributed by atoms with Gasteiger partial charge in [0, 0.05) is 31.4 Å². The van der Waals surface area contributed by atoms with Crippen molar-refractivity contribution in [2.45, 2.75) is 91.1 Å². The minimum absolute atomic E-state index is 0.674. The van der Waals surface area contributed by atoms with Crippen LogP contribution in [0.15, 0.2) is 6.20 Å². The molecular formula is C18H35N3. The molecule has 0 aliphatic heterocycles. The number of hydrogen-bond donors (Lipinski definition) is 1. The standard InChI is InChI=1S/C18H35N3/c1-5-8-10-12-17(13-11-9-6-2)19-14-16-15-21(4)20-18(16)7-3/h15,17,19H,5-14H2,1-4H3. The number of hydrogen-bond acceptors (Lipinski definition) is 2. The Kier molecular flexibility index (Phi) is 9.40. The van der Waals surface area contributed by atoms with Crippen molar-refractivity contribution < 1.29 is 0 Å². The summed E-state index contributed by atoms with van der Waals surface area (Å²) in [7, 11) is 2.02. The molecule has 3 nitrogen and oxygen atoms in total. The van der Waals surface area contributed by atoms with Crippen molar-refractivity contribution in [2.24, 2.45) is 7.05 Å². The van der Waals surface area contributed by atoms with Crippen LogP contribution in [-0.4, -0.2) is 15.8 Å². The van der Waals surface area contributed by atoms with Crippen LogP contribution in [0.3, 0.4) is 0 Å². The van der Waals surface area contributed by atoms with E-state index in [0.29, 0.717) is 6.04 Å². The number of aryl methyl sites for hydroxylation is 2. The molecule has 1 heterocycles. The predicted octanol–water partition coefficient (Wildman–Crippen LogP) is 4.60. The summed E-state index contributed by atoms with van der Waals surface area (Å²) in [4.78, 5) is 0. The quantitative estimate of drug-likeness (QED) is 0.571. The number of aromatic nitrogens is 2. The van der Waals surface area contributed by atoms with Gasteiger partial charge in [-0.15, -0.1) is 0 Å². The van der Waals surface area contributed by atoms with Crippen molar-refractivity contribution in [3.8, 4) is 0 Å². The van der Waals surface area contributed by atoms with Crippen molar-refractivity contribution in [1.29, 1.82) is 0 Å². The predicted molar refractivity (Wildman–Crippen MR) is 91.5 cm³/mol. The van der Waals surface area contributed by atoms with Crippen LogP contribution in [0.2, 0.25) is 0 Å². The van der Waals surface area contributed by atoms with E-state index in [-0.39, 0.29) is 0 Å². The maximum atomic E-state index is 4.53. The molecule has 0 aliphatic carbocycles. The van der Waals surface area contributed by atoms with Gasteiger partial charge in [0.1, 0.15) is 0 Å². The highest BCUT2D eigenvalue weighted by Gasteiger charge is 2.11. The molecule has 0 fully saturated rings. The van der Waals surface area contributed by atoms with Gasteiger partial charge in [-0.3, -0.25) is 4.68 Å². The van der Waals surface area contributed by atoms with E-state index >= 15 is 0 Å². The number of nitrogens with zero attached hydrogens (tertiary/aromatic N) is 2. The van der Waals surface area contributed by atoms with E-state index in [4.69, 9.17) is 0 Å². The highest BCUT2D eigenvalue weighted by molar-refractivity contribution is 5.16. The fourth-order valence-corrected chi connectivity index (χ4v) is 2.91. The molecule has 21 heavy (non-hydrogen) atoms. The number of nitrogens with one attached hydrogen (secondary N) is 1. The lowest BCUT2D eigenvalue weighted by molar-refractivity contribution is 0.417. The molecule has 122 valence electrons. The monoisotopic (exact) mass is 293 g/mol. The van der Waals surface area contributed by atoms with Gasteiger partial charge in [-0.1, -0.05) is 59.3 Å². The van der Waals surface area contributed by atoms with Crippen molar-refractivity contribution >= 4 is 0 Å². The Morgan fingerprint density at radius 1 is 1.05 bits per heavy atom. The minimum atomic E-state index is 0.674. The van der Waals surface area contributed by atoms with E-state index in [0.717, 1.165) is 13.0 Å². The third-order valence-electron chi connectivity index (χ3n) is 4.22. The Morgan fingerprint density at radius 2 is 1.67 bits per heavy atom. The minimum Gasteiger partial charge on any atom is -0.310 e. The van der Waals surface area contributed by atoms with Gasteiger partial charge >= 0.3 is 0 Å². The van der Waals surface area contributed by atoms with Crippen LogP contribution < -0.4 is 5.32 Å². The fraction of sp³-hybridized carbons (Fsp3) is 0.833. The lowest BCUT2D eigenvalue weighted by Crippen LogP contribution is -2.28. The lowest BCUT2D eigenvalue weighted by Gasteiger charge is -2.18. The van der Waals surface area contributed by atoms with E-state index in [2.05, 4.69) is 37.4 Å². The normalized spacial score (nSPS) is 11.5. The summed E-state index contributed by atoms with van der Waals surface area (Å²) in [5, 5.41) is 8.32. The van der Waals surface area contributed by atoms with Gasteiger partial charge in [-0.2, -0.15) is 5.10 Å². The summed E-state index contributed by atoms with van der Waals surface area (Å²) in [6.07, 6.45) is 13.9. The molecule has 0 bridgehead atoms. The molecule has 0 radical (unpaired) electrons. The first kappa shape index (κ1) is 18.2. The van der Waals surface area contributed by atoms with E-state index in [1.807, 2.05) is 11.7 Å². The van der Waals surface area contributed by atoms with Crippen LogP contribution in [0.1, 0.15) is 83.4 Å². The second-order valence-corrected chi connectivity index (χ2v) is 6.20. The molecule has 1 rings (SSSR count). The summed E-state index contributed by atoms with van der Waals surface area (Å²) < 4.78 is 1.94. The Hall–Kier alpha value is -0.830. The van der Waals surface area contributed by atoms with E-state index in [1.165, 1.54) is 62.6 Å². The summed E-state index contributed by atoms with van der Waals surface area (Å²) >= 11 is 0. The van der Waals surface area contributed by atoms with Crippen LogP contribution in [0.5, 0.6) is 0 Å². The van der Waals surface area contributed by atoms with E-state index < -0.39 is 0 Å². The molecule has 1 aromatic rings. The third kappa shape index (κ3) is 7.12. The second kappa shape index (κ2) is 10.8. The lowest BCUT2D eigenvalue weighted by atomic mass is 10.0. The zero-order valence-electron chi connectivity index (χ0n) is 14.6. The molecule has 0 unspecified atom stereocenters. The molecule has 1 aromatic heterocycles. The fourth-order valence-electron chi connectivity index (χ4n) is 2.91. The third-order valence-corrected chi connectivity index (χ3v) is 4.22. The highest BCUT2D eigenvalue weighted by atomic mass is 15.3. The average Bonchev–Trinajstić information content (AvgIpc) is 2.84. The van der Waals surface area contributed by atoms with Crippen molar-refractivity contribution in [1.82, 2.24) is 15.1 Å². The molecule has 1 N–H and O–H groups in total.